The molecule has 20 heavy (non-hydrogen) atoms. The zero-order valence-electron chi connectivity index (χ0n) is 12.9. The fraction of sp³-hybridized carbons (Fsp3) is 0.938. The topological polar surface area (TPSA) is 52.6 Å². The molecule has 1 atom stereocenters. The lowest BCUT2D eigenvalue weighted by Gasteiger charge is -2.32. The number of aliphatic hydroxyl groups is 1. The van der Waals surface area contributed by atoms with Gasteiger partial charge in [-0.3, -0.25) is 4.79 Å². The van der Waals surface area contributed by atoms with Crippen molar-refractivity contribution in [3.05, 3.63) is 0 Å². The van der Waals surface area contributed by atoms with Gasteiger partial charge in [-0.15, -0.1) is 0 Å². The Morgan fingerprint density at radius 3 is 2.70 bits per heavy atom. The summed E-state index contributed by atoms with van der Waals surface area (Å²) in [6.07, 6.45) is 9.87. The number of carbonyl (C=O) groups is 1. The molecule has 1 saturated heterocycles. The van der Waals surface area contributed by atoms with Crippen molar-refractivity contribution in [2.24, 2.45) is 5.41 Å². The van der Waals surface area contributed by atoms with E-state index in [1.165, 1.54) is 38.6 Å². The predicted octanol–water partition coefficient (Wildman–Crippen LogP) is 1.92. The van der Waals surface area contributed by atoms with Gasteiger partial charge in [-0.05, 0) is 45.7 Å². The van der Waals surface area contributed by atoms with Crippen molar-refractivity contribution >= 4 is 5.91 Å². The number of amides is 1. The largest absolute Gasteiger partial charge is 0.396 e. The molecule has 4 heteroatoms. The molecular weight excluding hydrogens is 252 g/mol. The summed E-state index contributed by atoms with van der Waals surface area (Å²) in [5.41, 5.74) is -0.0305. The van der Waals surface area contributed by atoms with E-state index < -0.39 is 0 Å². The van der Waals surface area contributed by atoms with Gasteiger partial charge in [0, 0.05) is 24.4 Å². The van der Waals surface area contributed by atoms with Crippen LogP contribution in [0.1, 0.15) is 57.8 Å². The number of nitrogens with zero attached hydrogens (tertiary/aromatic N) is 1. The van der Waals surface area contributed by atoms with Gasteiger partial charge >= 0.3 is 0 Å². The molecule has 1 aliphatic heterocycles. The molecule has 0 spiro atoms. The number of hydrogen-bond acceptors (Lipinski definition) is 3. The van der Waals surface area contributed by atoms with Gasteiger partial charge in [0.05, 0.1) is 6.61 Å². The minimum absolute atomic E-state index is 0.0305. The maximum atomic E-state index is 12.0. The highest BCUT2D eigenvalue weighted by Crippen LogP contribution is 2.36. The first-order valence-corrected chi connectivity index (χ1v) is 8.23. The maximum absolute atomic E-state index is 12.0. The van der Waals surface area contributed by atoms with Crippen molar-refractivity contribution in [2.75, 3.05) is 26.7 Å². The van der Waals surface area contributed by atoms with Gasteiger partial charge in [-0.25, -0.2) is 0 Å². The number of piperidine rings is 1. The summed E-state index contributed by atoms with van der Waals surface area (Å²) >= 11 is 0. The molecule has 4 nitrogen and oxygen atoms in total. The molecule has 2 aliphatic rings. The van der Waals surface area contributed by atoms with E-state index >= 15 is 0 Å². The van der Waals surface area contributed by atoms with Crippen molar-refractivity contribution in [2.45, 2.75) is 63.8 Å². The Balaban J connectivity index is 1.67. The normalized spacial score (nSPS) is 26.6. The third kappa shape index (κ3) is 4.19. The quantitative estimate of drug-likeness (QED) is 0.782. The number of likely N-dealkylation sites (tertiary alicyclic amines) is 1. The summed E-state index contributed by atoms with van der Waals surface area (Å²) in [4.78, 5) is 14.4. The average molecular weight is 282 g/mol. The van der Waals surface area contributed by atoms with Crippen LogP contribution in [0.15, 0.2) is 0 Å². The molecule has 0 unspecified atom stereocenters. The molecule has 0 aromatic heterocycles. The standard InChI is InChI=1S/C16H30N2O2/c1-18-11-5-2-6-14(18)7-8-15(20)17-12-16(13-19)9-3-4-10-16/h14,19H,2-13H2,1H3,(H,17,20)/t14-/m0/s1. The Kier molecular flexibility index (Phi) is 5.85. The Bertz CT molecular complexity index is 314. The van der Waals surface area contributed by atoms with Crippen LogP contribution in [0.25, 0.3) is 0 Å². The van der Waals surface area contributed by atoms with Crippen molar-refractivity contribution in [1.29, 1.82) is 0 Å². The molecule has 0 aromatic carbocycles. The first-order chi connectivity index (χ1) is 9.65. The monoisotopic (exact) mass is 282 g/mol. The number of nitrogens with one attached hydrogen (secondary N) is 1. The number of hydrogen-bond donors (Lipinski definition) is 2. The molecule has 0 aromatic rings. The number of carbonyl (C=O) groups excluding carboxylic acids is 1. The molecule has 116 valence electrons. The second-order valence-corrected chi connectivity index (χ2v) is 6.81. The van der Waals surface area contributed by atoms with Gasteiger partial charge in [0.25, 0.3) is 0 Å². The van der Waals surface area contributed by atoms with Crippen molar-refractivity contribution < 1.29 is 9.90 Å². The van der Waals surface area contributed by atoms with Gasteiger partial charge in [0.2, 0.25) is 5.91 Å². The first-order valence-electron chi connectivity index (χ1n) is 8.23. The highest BCUT2D eigenvalue weighted by Gasteiger charge is 2.33. The zero-order valence-corrected chi connectivity index (χ0v) is 12.9. The second-order valence-electron chi connectivity index (χ2n) is 6.81. The Morgan fingerprint density at radius 1 is 1.30 bits per heavy atom. The van der Waals surface area contributed by atoms with Crippen LogP contribution < -0.4 is 5.32 Å². The number of rotatable bonds is 6. The van der Waals surface area contributed by atoms with Gasteiger partial charge in [0.15, 0.2) is 0 Å². The van der Waals surface area contributed by atoms with Crippen LogP contribution in [0.5, 0.6) is 0 Å². The summed E-state index contributed by atoms with van der Waals surface area (Å²) in [5, 5.41) is 12.6. The fourth-order valence-electron chi connectivity index (χ4n) is 3.70. The van der Waals surface area contributed by atoms with E-state index in [9.17, 15) is 9.90 Å². The van der Waals surface area contributed by atoms with E-state index in [4.69, 9.17) is 0 Å². The van der Waals surface area contributed by atoms with Crippen LogP contribution in [-0.2, 0) is 4.79 Å². The van der Waals surface area contributed by atoms with E-state index in [-0.39, 0.29) is 17.9 Å². The minimum Gasteiger partial charge on any atom is -0.396 e. The molecule has 0 bridgehead atoms. The van der Waals surface area contributed by atoms with Gasteiger partial charge < -0.3 is 15.3 Å². The van der Waals surface area contributed by atoms with E-state index in [1.54, 1.807) is 0 Å². The summed E-state index contributed by atoms with van der Waals surface area (Å²) in [6.45, 7) is 2.03. The molecule has 2 N–H and O–H groups in total. The fourth-order valence-corrected chi connectivity index (χ4v) is 3.70. The van der Waals surface area contributed by atoms with Crippen molar-refractivity contribution in [3.63, 3.8) is 0 Å². The second kappa shape index (κ2) is 7.41. The molecule has 1 heterocycles. The minimum atomic E-state index is -0.0305. The van der Waals surface area contributed by atoms with Crippen LogP contribution in [0.3, 0.4) is 0 Å². The summed E-state index contributed by atoms with van der Waals surface area (Å²) in [5.74, 6) is 0.156. The van der Waals surface area contributed by atoms with Gasteiger partial charge in [0.1, 0.15) is 0 Å². The molecule has 1 amide bonds. The predicted molar refractivity (Wildman–Crippen MR) is 80.5 cm³/mol. The summed E-state index contributed by atoms with van der Waals surface area (Å²) in [6, 6.07) is 0.577. The summed E-state index contributed by atoms with van der Waals surface area (Å²) in [7, 11) is 2.17. The molecule has 1 aliphatic carbocycles. The Morgan fingerprint density at radius 2 is 2.05 bits per heavy atom. The van der Waals surface area contributed by atoms with Crippen LogP contribution in [-0.4, -0.2) is 48.7 Å². The third-order valence-electron chi connectivity index (χ3n) is 5.29. The molecule has 2 rings (SSSR count). The SMILES string of the molecule is CN1CCCC[C@H]1CCC(=O)NCC1(CO)CCCC1. The third-order valence-corrected chi connectivity index (χ3v) is 5.29. The maximum Gasteiger partial charge on any atom is 0.220 e. The Labute approximate surface area is 122 Å². The lowest BCUT2D eigenvalue weighted by atomic mass is 9.87. The van der Waals surface area contributed by atoms with Crippen LogP contribution >= 0.6 is 0 Å². The highest BCUT2D eigenvalue weighted by molar-refractivity contribution is 5.75. The Hall–Kier alpha value is -0.610. The van der Waals surface area contributed by atoms with Crippen LogP contribution in [0, 0.1) is 5.41 Å². The van der Waals surface area contributed by atoms with Crippen LogP contribution in [0.2, 0.25) is 0 Å². The first kappa shape index (κ1) is 15.8. The van der Waals surface area contributed by atoms with E-state index in [0.29, 0.717) is 19.0 Å². The highest BCUT2D eigenvalue weighted by atomic mass is 16.3. The van der Waals surface area contributed by atoms with E-state index in [2.05, 4.69) is 17.3 Å². The molecular formula is C16H30N2O2. The molecule has 0 radical (unpaired) electrons. The lowest BCUT2D eigenvalue weighted by Crippen LogP contribution is -2.40. The van der Waals surface area contributed by atoms with E-state index in [0.717, 1.165) is 19.3 Å². The van der Waals surface area contributed by atoms with Crippen molar-refractivity contribution in [3.8, 4) is 0 Å². The van der Waals surface area contributed by atoms with Gasteiger partial charge in [-0.2, -0.15) is 0 Å². The van der Waals surface area contributed by atoms with Gasteiger partial charge in [-0.1, -0.05) is 19.3 Å². The number of aliphatic hydroxyl groups excluding tert-OH is 1. The summed E-state index contributed by atoms with van der Waals surface area (Å²) < 4.78 is 0. The zero-order chi connectivity index (χ0) is 14.4. The molecule has 2 fully saturated rings. The van der Waals surface area contributed by atoms with E-state index in [1.807, 2.05) is 0 Å². The molecule has 1 saturated carbocycles. The lowest BCUT2D eigenvalue weighted by molar-refractivity contribution is -0.122. The van der Waals surface area contributed by atoms with Crippen molar-refractivity contribution in [1.82, 2.24) is 10.2 Å². The smallest absolute Gasteiger partial charge is 0.220 e. The average Bonchev–Trinajstić information content (AvgIpc) is 2.94. The van der Waals surface area contributed by atoms with Crippen LogP contribution in [0.4, 0.5) is 0 Å².